The summed E-state index contributed by atoms with van der Waals surface area (Å²) < 4.78 is 13.1. The van der Waals surface area contributed by atoms with Crippen LogP contribution in [0.1, 0.15) is 17.2 Å². The highest BCUT2D eigenvalue weighted by molar-refractivity contribution is 7.07. The van der Waals surface area contributed by atoms with Crippen molar-refractivity contribution in [3.8, 4) is 0 Å². The molecule has 1 aromatic heterocycles. The highest BCUT2D eigenvalue weighted by Crippen LogP contribution is 2.20. The highest BCUT2D eigenvalue weighted by atomic mass is 32.1. The number of nitrogens with one attached hydrogen (secondary N) is 1. The maximum Gasteiger partial charge on any atom is 0.123 e. The third-order valence-electron chi connectivity index (χ3n) is 2.62. The van der Waals surface area contributed by atoms with Gasteiger partial charge in [0.1, 0.15) is 5.82 Å². The quantitative estimate of drug-likeness (QED) is 0.856. The zero-order valence-electron chi connectivity index (χ0n) is 9.11. The van der Waals surface area contributed by atoms with Gasteiger partial charge in [-0.3, -0.25) is 0 Å². The molecule has 2 aromatic rings. The van der Waals surface area contributed by atoms with Gasteiger partial charge in [-0.25, -0.2) is 4.39 Å². The van der Waals surface area contributed by atoms with Crippen molar-refractivity contribution >= 4 is 11.3 Å². The molecule has 1 atom stereocenters. The van der Waals surface area contributed by atoms with Crippen LogP contribution in [0.3, 0.4) is 0 Å². The first-order chi connectivity index (χ1) is 7.79. The Kier molecular flexibility index (Phi) is 3.70. The van der Waals surface area contributed by atoms with E-state index < -0.39 is 0 Å². The molecule has 2 rings (SSSR count). The average molecular weight is 235 g/mol. The van der Waals surface area contributed by atoms with E-state index in [1.165, 1.54) is 11.6 Å². The third kappa shape index (κ3) is 2.68. The number of benzene rings is 1. The molecule has 0 aliphatic heterocycles. The summed E-state index contributed by atoms with van der Waals surface area (Å²) >= 11 is 1.69. The molecule has 0 aliphatic rings. The molecular weight excluding hydrogens is 221 g/mol. The van der Waals surface area contributed by atoms with Crippen molar-refractivity contribution in [3.05, 3.63) is 58.0 Å². The van der Waals surface area contributed by atoms with Gasteiger partial charge < -0.3 is 5.32 Å². The van der Waals surface area contributed by atoms with Crippen molar-refractivity contribution in [1.29, 1.82) is 0 Å². The molecule has 1 N–H and O–H groups in total. The Morgan fingerprint density at radius 3 is 2.88 bits per heavy atom. The Labute approximate surface area is 98.9 Å². The molecule has 0 saturated heterocycles. The lowest BCUT2D eigenvalue weighted by Gasteiger charge is -2.15. The summed E-state index contributed by atoms with van der Waals surface area (Å²) in [6.07, 6.45) is 0.892. The van der Waals surface area contributed by atoms with Crippen LogP contribution in [0.5, 0.6) is 0 Å². The zero-order chi connectivity index (χ0) is 11.4. The molecule has 0 amide bonds. The predicted octanol–water partition coefficient (Wildman–Crippen LogP) is 3.39. The maximum absolute atomic E-state index is 13.1. The van der Waals surface area contributed by atoms with Crippen LogP contribution in [-0.4, -0.2) is 7.05 Å². The van der Waals surface area contributed by atoms with Crippen LogP contribution in [0.25, 0.3) is 0 Å². The van der Waals surface area contributed by atoms with Gasteiger partial charge >= 0.3 is 0 Å². The summed E-state index contributed by atoms with van der Waals surface area (Å²) in [5.41, 5.74) is 2.28. The minimum absolute atomic E-state index is 0.172. The van der Waals surface area contributed by atoms with Crippen molar-refractivity contribution in [2.45, 2.75) is 12.5 Å². The lowest BCUT2D eigenvalue weighted by molar-refractivity contribution is 0.578. The molecular formula is C13H14FNS. The minimum atomic E-state index is -0.178. The number of hydrogen-bond donors (Lipinski definition) is 1. The van der Waals surface area contributed by atoms with Crippen LogP contribution in [-0.2, 0) is 6.42 Å². The third-order valence-corrected chi connectivity index (χ3v) is 3.35. The number of hydrogen-bond acceptors (Lipinski definition) is 2. The Balaban J connectivity index is 2.16. The second-order valence-electron chi connectivity index (χ2n) is 3.73. The minimum Gasteiger partial charge on any atom is -0.313 e. The van der Waals surface area contributed by atoms with Crippen LogP contribution in [0.15, 0.2) is 41.1 Å². The molecule has 1 nitrogen and oxygen atoms in total. The van der Waals surface area contributed by atoms with Gasteiger partial charge in [0.25, 0.3) is 0 Å². The monoisotopic (exact) mass is 235 g/mol. The van der Waals surface area contributed by atoms with Gasteiger partial charge in [-0.05, 0) is 53.6 Å². The van der Waals surface area contributed by atoms with Crippen molar-refractivity contribution in [2.24, 2.45) is 0 Å². The smallest absolute Gasteiger partial charge is 0.123 e. The second-order valence-corrected chi connectivity index (χ2v) is 4.51. The topological polar surface area (TPSA) is 12.0 Å². The molecule has 84 valence electrons. The van der Waals surface area contributed by atoms with Crippen molar-refractivity contribution < 1.29 is 4.39 Å². The molecule has 1 unspecified atom stereocenters. The summed E-state index contributed by atoms with van der Waals surface area (Å²) in [5.74, 6) is -0.178. The van der Waals surface area contributed by atoms with Crippen molar-refractivity contribution in [1.82, 2.24) is 5.32 Å². The zero-order valence-corrected chi connectivity index (χ0v) is 9.93. The Hall–Kier alpha value is -1.19. The van der Waals surface area contributed by atoms with E-state index >= 15 is 0 Å². The summed E-state index contributed by atoms with van der Waals surface area (Å²) in [5, 5.41) is 7.41. The number of rotatable bonds is 4. The molecule has 0 aliphatic carbocycles. The summed E-state index contributed by atoms with van der Waals surface area (Å²) in [6, 6.07) is 9.05. The SMILES string of the molecule is CNC(Cc1ccsc1)c1cccc(F)c1. The first-order valence-electron chi connectivity index (χ1n) is 5.23. The predicted molar refractivity (Wildman–Crippen MR) is 66.2 cm³/mol. The number of thiophene rings is 1. The lowest BCUT2D eigenvalue weighted by Crippen LogP contribution is -2.18. The van der Waals surface area contributed by atoms with Gasteiger partial charge in [-0.2, -0.15) is 11.3 Å². The molecule has 0 saturated carbocycles. The Morgan fingerprint density at radius 2 is 2.25 bits per heavy atom. The number of halogens is 1. The molecule has 0 radical (unpaired) electrons. The van der Waals surface area contributed by atoms with Crippen LogP contribution in [0, 0.1) is 5.82 Å². The molecule has 0 fully saturated rings. The molecule has 0 bridgehead atoms. The van der Waals surface area contributed by atoms with Gasteiger partial charge in [0.05, 0.1) is 0 Å². The normalized spacial score (nSPS) is 12.6. The van der Waals surface area contributed by atoms with Gasteiger partial charge in [-0.15, -0.1) is 0 Å². The maximum atomic E-state index is 13.1. The average Bonchev–Trinajstić information content (AvgIpc) is 2.78. The summed E-state index contributed by atoms with van der Waals surface area (Å²) in [7, 11) is 1.90. The molecule has 1 aromatic carbocycles. The molecule has 1 heterocycles. The summed E-state index contributed by atoms with van der Waals surface area (Å²) in [4.78, 5) is 0. The lowest BCUT2D eigenvalue weighted by atomic mass is 10.0. The standard InChI is InChI=1S/C13H14FNS/c1-15-13(7-10-5-6-16-9-10)11-3-2-4-12(14)8-11/h2-6,8-9,13,15H,7H2,1H3. The van der Waals surface area contributed by atoms with Crippen molar-refractivity contribution in [3.63, 3.8) is 0 Å². The first kappa shape index (κ1) is 11.3. The van der Waals surface area contributed by atoms with Crippen LogP contribution >= 0.6 is 11.3 Å². The van der Waals surface area contributed by atoms with E-state index in [1.807, 2.05) is 13.1 Å². The fraction of sp³-hybridized carbons (Fsp3) is 0.231. The fourth-order valence-electron chi connectivity index (χ4n) is 1.75. The van der Waals surface area contributed by atoms with Crippen molar-refractivity contribution in [2.75, 3.05) is 7.05 Å². The van der Waals surface area contributed by atoms with Crippen LogP contribution in [0.2, 0.25) is 0 Å². The van der Waals surface area contributed by atoms with E-state index in [-0.39, 0.29) is 11.9 Å². The van der Waals surface area contributed by atoms with E-state index in [1.54, 1.807) is 23.5 Å². The highest BCUT2D eigenvalue weighted by Gasteiger charge is 2.10. The van der Waals surface area contributed by atoms with E-state index in [4.69, 9.17) is 0 Å². The van der Waals surface area contributed by atoms with E-state index in [9.17, 15) is 4.39 Å². The molecule has 0 spiro atoms. The van der Waals surface area contributed by atoms with E-state index in [2.05, 4.69) is 22.1 Å². The first-order valence-corrected chi connectivity index (χ1v) is 6.17. The van der Waals surface area contributed by atoms with Gasteiger partial charge in [-0.1, -0.05) is 12.1 Å². The van der Waals surface area contributed by atoms with Gasteiger partial charge in [0.15, 0.2) is 0 Å². The van der Waals surface area contributed by atoms with Crippen LogP contribution in [0.4, 0.5) is 4.39 Å². The Morgan fingerprint density at radius 1 is 1.38 bits per heavy atom. The van der Waals surface area contributed by atoms with Gasteiger partial charge in [0.2, 0.25) is 0 Å². The second kappa shape index (κ2) is 5.23. The van der Waals surface area contributed by atoms with Crippen LogP contribution < -0.4 is 5.32 Å². The van der Waals surface area contributed by atoms with E-state index in [0.717, 1.165) is 12.0 Å². The Bertz CT molecular complexity index is 439. The van der Waals surface area contributed by atoms with E-state index in [0.29, 0.717) is 0 Å². The largest absolute Gasteiger partial charge is 0.313 e. The molecule has 16 heavy (non-hydrogen) atoms. The fourth-order valence-corrected chi connectivity index (χ4v) is 2.44. The van der Waals surface area contributed by atoms with Gasteiger partial charge in [0, 0.05) is 6.04 Å². The number of likely N-dealkylation sites (N-methyl/N-ethyl adjacent to an activating group) is 1. The summed E-state index contributed by atoms with van der Waals surface area (Å²) in [6.45, 7) is 0. The molecule has 3 heteroatoms.